The number of hydrogen-bond acceptors (Lipinski definition) is 2. The lowest BCUT2D eigenvalue weighted by molar-refractivity contribution is -0.121. The lowest BCUT2D eigenvalue weighted by Crippen LogP contribution is -2.28. The number of carbonyl (C=O) groups is 1. The monoisotopic (exact) mass is 319 g/mol. The molecule has 2 rings (SSSR count). The molecule has 0 radical (unpaired) electrons. The van der Waals surface area contributed by atoms with Gasteiger partial charge in [-0.25, -0.2) is 0 Å². The summed E-state index contributed by atoms with van der Waals surface area (Å²) in [6.07, 6.45) is 5.65. The van der Waals surface area contributed by atoms with Gasteiger partial charge in [0.25, 0.3) is 0 Å². The Morgan fingerprint density at radius 3 is 2.52 bits per heavy atom. The van der Waals surface area contributed by atoms with Crippen molar-refractivity contribution in [2.45, 2.75) is 60.3 Å². The Kier molecular flexibility index (Phi) is 7.60. The second-order valence-electron chi connectivity index (χ2n) is 6.67. The smallest absolute Gasteiger partial charge is 0.227 e. The number of methoxy groups -OCH3 is 1. The van der Waals surface area contributed by atoms with E-state index in [0.717, 1.165) is 41.7 Å². The van der Waals surface area contributed by atoms with Gasteiger partial charge in [0.15, 0.2) is 0 Å². The molecule has 1 N–H and O–H groups in total. The van der Waals surface area contributed by atoms with Crippen molar-refractivity contribution in [2.24, 2.45) is 17.8 Å². The van der Waals surface area contributed by atoms with E-state index in [2.05, 4.69) is 19.2 Å². The molecular formula is C20H33NO2. The molecule has 1 atom stereocenters. The highest BCUT2D eigenvalue weighted by Crippen LogP contribution is 2.35. The van der Waals surface area contributed by atoms with E-state index < -0.39 is 0 Å². The summed E-state index contributed by atoms with van der Waals surface area (Å²) in [5.74, 6) is 2.72. The van der Waals surface area contributed by atoms with E-state index in [1.54, 1.807) is 7.11 Å². The highest BCUT2D eigenvalue weighted by atomic mass is 16.5. The summed E-state index contributed by atoms with van der Waals surface area (Å²) in [5.41, 5.74) is 1.91. The van der Waals surface area contributed by atoms with Gasteiger partial charge >= 0.3 is 0 Å². The maximum absolute atomic E-state index is 12.4. The van der Waals surface area contributed by atoms with Gasteiger partial charge in [-0.05, 0) is 56.1 Å². The summed E-state index contributed by atoms with van der Waals surface area (Å²) in [5, 5.41) is 3.05. The van der Waals surface area contributed by atoms with Crippen LogP contribution < -0.4 is 10.1 Å². The normalized spacial score (nSPS) is 21.9. The number of ether oxygens (including phenoxy) is 1. The molecule has 1 amide bonds. The number of anilines is 1. The van der Waals surface area contributed by atoms with Crippen LogP contribution in [0.4, 0.5) is 5.69 Å². The predicted molar refractivity (Wildman–Crippen MR) is 98.0 cm³/mol. The van der Waals surface area contributed by atoms with Crippen LogP contribution in [0.15, 0.2) is 18.2 Å². The lowest BCUT2D eigenvalue weighted by atomic mass is 9.75. The van der Waals surface area contributed by atoms with Crippen molar-refractivity contribution in [3.05, 3.63) is 23.8 Å². The molecule has 0 aliphatic heterocycles. The maximum atomic E-state index is 12.4. The third kappa shape index (κ3) is 4.98. The molecule has 0 heterocycles. The van der Waals surface area contributed by atoms with Crippen molar-refractivity contribution in [2.75, 3.05) is 12.4 Å². The molecule has 23 heavy (non-hydrogen) atoms. The Balaban J connectivity index is 0.00000264. The minimum absolute atomic E-state index is 0. The molecule has 1 aromatic carbocycles. The Hall–Kier alpha value is -1.51. The lowest BCUT2D eigenvalue weighted by Gasteiger charge is -2.31. The topological polar surface area (TPSA) is 38.3 Å². The van der Waals surface area contributed by atoms with Gasteiger partial charge in [-0.15, -0.1) is 0 Å². The number of rotatable bonds is 5. The van der Waals surface area contributed by atoms with Crippen molar-refractivity contribution in [3.63, 3.8) is 0 Å². The van der Waals surface area contributed by atoms with Crippen molar-refractivity contribution in [3.8, 4) is 5.75 Å². The number of carbonyl (C=O) groups excluding carboxylic acids is 1. The third-order valence-corrected chi connectivity index (χ3v) is 5.27. The molecular weight excluding hydrogens is 286 g/mol. The molecule has 130 valence electrons. The van der Waals surface area contributed by atoms with Crippen LogP contribution in [0.1, 0.15) is 58.9 Å². The van der Waals surface area contributed by atoms with Crippen LogP contribution in [0, 0.1) is 24.7 Å². The van der Waals surface area contributed by atoms with E-state index in [1.165, 1.54) is 19.3 Å². The first kappa shape index (κ1) is 19.5. The average Bonchev–Trinajstić information content (AvgIpc) is 2.55. The van der Waals surface area contributed by atoms with E-state index in [-0.39, 0.29) is 19.3 Å². The average molecular weight is 319 g/mol. The molecule has 1 aliphatic rings. The summed E-state index contributed by atoms with van der Waals surface area (Å²) in [6.45, 7) is 6.60. The minimum Gasteiger partial charge on any atom is -0.496 e. The number of nitrogens with one attached hydrogen (secondary N) is 1. The number of benzene rings is 1. The number of hydrogen-bond donors (Lipinski definition) is 1. The van der Waals surface area contributed by atoms with E-state index in [4.69, 9.17) is 4.74 Å². The van der Waals surface area contributed by atoms with Gasteiger partial charge in [0.2, 0.25) is 5.91 Å². The second kappa shape index (κ2) is 8.95. The van der Waals surface area contributed by atoms with Gasteiger partial charge in [-0.3, -0.25) is 4.79 Å². The first-order chi connectivity index (χ1) is 10.5. The van der Waals surface area contributed by atoms with Gasteiger partial charge in [-0.2, -0.15) is 0 Å². The first-order valence-corrected chi connectivity index (χ1v) is 8.50. The SMILES string of the molecule is C.CCC(C)C1CCC(C(=O)Nc2ccc(C)c(OC)c2)CC1. The molecule has 3 heteroatoms. The van der Waals surface area contributed by atoms with Crippen molar-refractivity contribution < 1.29 is 9.53 Å². The fraction of sp³-hybridized carbons (Fsp3) is 0.650. The molecule has 1 unspecified atom stereocenters. The van der Waals surface area contributed by atoms with Crippen LogP contribution in [0.3, 0.4) is 0 Å². The fourth-order valence-corrected chi connectivity index (χ4v) is 3.43. The van der Waals surface area contributed by atoms with Gasteiger partial charge < -0.3 is 10.1 Å². The molecule has 1 fully saturated rings. The van der Waals surface area contributed by atoms with Crippen LogP contribution in [-0.2, 0) is 4.79 Å². The third-order valence-electron chi connectivity index (χ3n) is 5.27. The maximum Gasteiger partial charge on any atom is 0.227 e. The highest BCUT2D eigenvalue weighted by molar-refractivity contribution is 5.92. The Labute approximate surface area is 141 Å². The van der Waals surface area contributed by atoms with Crippen LogP contribution >= 0.6 is 0 Å². The zero-order valence-electron chi connectivity index (χ0n) is 14.3. The zero-order chi connectivity index (χ0) is 16.1. The summed E-state index contributed by atoms with van der Waals surface area (Å²) in [7, 11) is 1.66. The Morgan fingerprint density at radius 2 is 1.96 bits per heavy atom. The molecule has 0 spiro atoms. The zero-order valence-corrected chi connectivity index (χ0v) is 14.3. The van der Waals surface area contributed by atoms with Crippen molar-refractivity contribution in [1.29, 1.82) is 0 Å². The number of amides is 1. The molecule has 0 saturated heterocycles. The Morgan fingerprint density at radius 1 is 1.30 bits per heavy atom. The van der Waals surface area contributed by atoms with Crippen LogP contribution in [-0.4, -0.2) is 13.0 Å². The quantitative estimate of drug-likeness (QED) is 0.785. The van der Waals surface area contributed by atoms with E-state index in [0.29, 0.717) is 0 Å². The van der Waals surface area contributed by atoms with E-state index in [1.807, 2.05) is 25.1 Å². The molecule has 0 aromatic heterocycles. The standard InChI is InChI=1S/C19H29NO2.CH4/c1-5-13(2)15-7-9-16(10-8-15)19(21)20-17-11-6-14(3)18(12-17)22-4;/h6,11-13,15-16H,5,7-10H2,1-4H3,(H,20,21);1H4. The largest absolute Gasteiger partial charge is 0.496 e. The summed E-state index contributed by atoms with van der Waals surface area (Å²) in [4.78, 5) is 12.4. The fourth-order valence-electron chi connectivity index (χ4n) is 3.43. The van der Waals surface area contributed by atoms with E-state index in [9.17, 15) is 4.79 Å². The van der Waals surface area contributed by atoms with Crippen LogP contribution in [0.25, 0.3) is 0 Å². The predicted octanol–water partition coefficient (Wildman–Crippen LogP) is 5.43. The van der Waals surface area contributed by atoms with Crippen molar-refractivity contribution in [1.82, 2.24) is 0 Å². The minimum atomic E-state index is 0. The molecule has 1 saturated carbocycles. The molecule has 3 nitrogen and oxygen atoms in total. The van der Waals surface area contributed by atoms with Crippen LogP contribution in [0.2, 0.25) is 0 Å². The summed E-state index contributed by atoms with van der Waals surface area (Å²) >= 11 is 0. The second-order valence-corrected chi connectivity index (χ2v) is 6.67. The highest BCUT2D eigenvalue weighted by Gasteiger charge is 2.28. The number of aryl methyl sites for hydroxylation is 1. The van der Waals surface area contributed by atoms with Crippen molar-refractivity contribution >= 4 is 11.6 Å². The Bertz CT molecular complexity index is 504. The summed E-state index contributed by atoms with van der Waals surface area (Å²) in [6, 6.07) is 5.83. The van der Waals surface area contributed by atoms with E-state index >= 15 is 0 Å². The van der Waals surface area contributed by atoms with Crippen LogP contribution in [0.5, 0.6) is 5.75 Å². The van der Waals surface area contributed by atoms with Gasteiger partial charge in [0, 0.05) is 17.7 Å². The van der Waals surface area contributed by atoms with Gasteiger partial charge in [0.1, 0.15) is 5.75 Å². The van der Waals surface area contributed by atoms with Gasteiger partial charge in [0.05, 0.1) is 7.11 Å². The van der Waals surface area contributed by atoms with Gasteiger partial charge in [-0.1, -0.05) is 33.8 Å². The molecule has 1 aliphatic carbocycles. The first-order valence-electron chi connectivity index (χ1n) is 8.50. The molecule has 1 aromatic rings. The molecule has 0 bridgehead atoms. The summed E-state index contributed by atoms with van der Waals surface area (Å²) < 4.78 is 5.31.